The molecule has 0 N–H and O–H groups in total. The van der Waals surface area contributed by atoms with E-state index < -0.39 is 0 Å². The third-order valence-corrected chi connectivity index (χ3v) is 2.84. The van der Waals surface area contributed by atoms with Gasteiger partial charge in [0.25, 0.3) is 0 Å². The van der Waals surface area contributed by atoms with Crippen LogP contribution >= 0.6 is 0 Å². The van der Waals surface area contributed by atoms with Crippen LogP contribution < -0.4 is 0 Å². The van der Waals surface area contributed by atoms with Crippen LogP contribution in [-0.2, 0) is 14.3 Å². The molecular weight excluding hydrogens is 192 g/mol. The van der Waals surface area contributed by atoms with Crippen molar-refractivity contribution in [2.75, 3.05) is 13.2 Å². The highest BCUT2D eigenvalue weighted by Crippen LogP contribution is 2.20. The number of ether oxygens (including phenoxy) is 2. The van der Waals surface area contributed by atoms with Gasteiger partial charge in [0.1, 0.15) is 12.4 Å². The van der Waals surface area contributed by atoms with Crippen LogP contribution in [0.3, 0.4) is 0 Å². The molecule has 1 atom stereocenters. The molecule has 3 nitrogen and oxygen atoms in total. The predicted octanol–water partition coefficient (Wildman–Crippen LogP) is 2.33. The molecule has 3 heteroatoms. The zero-order valence-corrected chi connectivity index (χ0v) is 9.61. The fourth-order valence-electron chi connectivity index (χ4n) is 1.99. The Morgan fingerprint density at radius 1 is 1.33 bits per heavy atom. The van der Waals surface area contributed by atoms with E-state index in [-0.39, 0.29) is 6.10 Å². The first-order valence-electron chi connectivity index (χ1n) is 6.05. The van der Waals surface area contributed by atoms with Gasteiger partial charge in [-0.2, -0.15) is 0 Å². The van der Waals surface area contributed by atoms with Gasteiger partial charge in [-0.15, -0.1) is 0 Å². The number of hydrogen-bond donors (Lipinski definition) is 0. The van der Waals surface area contributed by atoms with E-state index in [1.165, 1.54) is 32.1 Å². The van der Waals surface area contributed by atoms with E-state index in [4.69, 9.17) is 9.47 Å². The van der Waals surface area contributed by atoms with Gasteiger partial charge in [0.05, 0.1) is 6.10 Å². The summed E-state index contributed by atoms with van der Waals surface area (Å²) in [4.78, 5) is 10.6. The predicted molar refractivity (Wildman–Crippen MR) is 58.9 cm³/mol. The van der Waals surface area contributed by atoms with Crippen molar-refractivity contribution in [2.24, 2.45) is 0 Å². The van der Waals surface area contributed by atoms with E-state index in [1.54, 1.807) is 0 Å². The molecule has 88 valence electrons. The lowest BCUT2D eigenvalue weighted by atomic mass is 9.98. The number of aldehydes is 1. The molecule has 0 spiro atoms. The highest BCUT2D eigenvalue weighted by molar-refractivity contribution is 5.55. The first kappa shape index (κ1) is 12.7. The largest absolute Gasteiger partial charge is 0.378 e. The Hall–Kier alpha value is -0.410. The van der Waals surface area contributed by atoms with Crippen LogP contribution in [0.25, 0.3) is 0 Å². The van der Waals surface area contributed by atoms with E-state index in [9.17, 15) is 4.79 Å². The fraction of sp³-hybridized carbons (Fsp3) is 0.917. The molecule has 0 heterocycles. The molecule has 1 aliphatic carbocycles. The zero-order chi connectivity index (χ0) is 10.9. The van der Waals surface area contributed by atoms with Crippen molar-refractivity contribution in [2.45, 2.75) is 57.7 Å². The van der Waals surface area contributed by atoms with Gasteiger partial charge in [-0.3, -0.25) is 0 Å². The van der Waals surface area contributed by atoms with Crippen LogP contribution in [0, 0.1) is 0 Å². The summed E-state index contributed by atoms with van der Waals surface area (Å²) in [5.74, 6) is 0. The van der Waals surface area contributed by atoms with Crippen LogP contribution in [0.1, 0.15) is 45.4 Å². The second kappa shape index (κ2) is 7.83. The van der Waals surface area contributed by atoms with E-state index in [0.29, 0.717) is 25.7 Å². The monoisotopic (exact) mass is 214 g/mol. The Kier molecular flexibility index (Phi) is 6.60. The molecule has 1 fully saturated rings. The summed E-state index contributed by atoms with van der Waals surface area (Å²) >= 11 is 0. The molecule has 0 aliphatic heterocycles. The molecule has 1 rings (SSSR count). The highest BCUT2D eigenvalue weighted by Gasteiger charge is 2.14. The minimum atomic E-state index is -0.279. The number of rotatable bonds is 7. The minimum absolute atomic E-state index is 0.279. The van der Waals surface area contributed by atoms with Crippen molar-refractivity contribution >= 4 is 6.29 Å². The number of carbonyl (C=O) groups excluding carboxylic acids is 1. The lowest BCUT2D eigenvalue weighted by Crippen LogP contribution is -2.21. The maximum Gasteiger partial charge on any atom is 0.148 e. The third kappa shape index (κ3) is 5.28. The Morgan fingerprint density at radius 3 is 2.67 bits per heavy atom. The van der Waals surface area contributed by atoms with Gasteiger partial charge < -0.3 is 14.3 Å². The van der Waals surface area contributed by atoms with Crippen molar-refractivity contribution in [3.8, 4) is 0 Å². The third-order valence-electron chi connectivity index (χ3n) is 2.84. The molecule has 0 aromatic carbocycles. The molecule has 15 heavy (non-hydrogen) atoms. The smallest absolute Gasteiger partial charge is 0.148 e. The summed E-state index contributed by atoms with van der Waals surface area (Å²) in [6, 6.07) is 0. The van der Waals surface area contributed by atoms with Gasteiger partial charge >= 0.3 is 0 Å². The van der Waals surface area contributed by atoms with Crippen molar-refractivity contribution in [3.63, 3.8) is 0 Å². The maximum absolute atomic E-state index is 10.6. The average Bonchev–Trinajstić information content (AvgIpc) is 2.29. The van der Waals surface area contributed by atoms with Gasteiger partial charge in [-0.1, -0.05) is 19.3 Å². The molecular formula is C12H22O3. The molecule has 1 saturated carbocycles. The number of carbonyl (C=O) groups is 1. The molecule has 0 aromatic rings. The molecule has 0 saturated heterocycles. The minimum Gasteiger partial charge on any atom is -0.378 e. The van der Waals surface area contributed by atoms with Gasteiger partial charge in [0.15, 0.2) is 0 Å². The zero-order valence-electron chi connectivity index (χ0n) is 9.61. The average molecular weight is 214 g/mol. The van der Waals surface area contributed by atoms with E-state index in [1.807, 2.05) is 6.92 Å². The molecule has 1 aliphatic rings. The lowest BCUT2D eigenvalue weighted by Gasteiger charge is -2.22. The molecule has 0 radical (unpaired) electrons. The first-order valence-corrected chi connectivity index (χ1v) is 6.05. The lowest BCUT2D eigenvalue weighted by molar-refractivity contribution is -0.119. The topological polar surface area (TPSA) is 35.5 Å². The van der Waals surface area contributed by atoms with Crippen molar-refractivity contribution in [3.05, 3.63) is 0 Å². The van der Waals surface area contributed by atoms with Crippen LogP contribution in [0.4, 0.5) is 0 Å². The Labute approximate surface area is 92.1 Å². The Bertz CT molecular complexity index is 164. The van der Waals surface area contributed by atoms with Gasteiger partial charge in [0, 0.05) is 19.6 Å². The Morgan fingerprint density at radius 2 is 2.07 bits per heavy atom. The summed E-state index contributed by atoms with van der Waals surface area (Å²) < 4.78 is 11.0. The van der Waals surface area contributed by atoms with Crippen LogP contribution in [0.15, 0.2) is 0 Å². The standard InChI is InChI=1S/C12H22O3/c1-2-14-12(10-13)8-9-15-11-6-4-3-5-7-11/h10-12H,2-9H2,1H3. The molecule has 1 unspecified atom stereocenters. The van der Waals surface area contributed by atoms with E-state index >= 15 is 0 Å². The summed E-state index contributed by atoms with van der Waals surface area (Å²) in [6.07, 6.45) is 7.98. The normalized spacial score (nSPS) is 20.1. The molecule has 0 aromatic heterocycles. The van der Waals surface area contributed by atoms with E-state index in [0.717, 1.165) is 6.29 Å². The number of hydrogen-bond acceptors (Lipinski definition) is 3. The molecule has 0 bridgehead atoms. The van der Waals surface area contributed by atoms with Crippen molar-refractivity contribution in [1.29, 1.82) is 0 Å². The summed E-state index contributed by atoms with van der Waals surface area (Å²) in [5, 5.41) is 0. The molecule has 0 amide bonds. The van der Waals surface area contributed by atoms with Crippen LogP contribution in [-0.4, -0.2) is 31.7 Å². The first-order chi connectivity index (χ1) is 7.36. The maximum atomic E-state index is 10.6. The van der Waals surface area contributed by atoms with Gasteiger partial charge in [0.2, 0.25) is 0 Å². The second-order valence-electron chi connectivity index (χ2n) is 4.05. The summed E-state index contributed by atoms with van der Waals surface area (Å²) in [7, 11) is 0. The van der Waals surface area contributed by atoms with E-state index in [2.05, 4.69) is 0 Å². The van der Waals surface area contributed by atoms with Gasteiger partial charge in [-0.05, 0) is 19.8 Å². The highest BCUT2D eigenvalue weighted by atomic mass is 16.5. The second-order valence-corrected chi connectivity index (χ2v) is 4.05. The summed E-state index contributed by atoms with van der Waals surface area (Å²) in [5.41, 5.74) is 0. The quantitative estimate of drug-likeness (QED) is 0.610. The van der Waals surface area contributed by atoms with Crippen LogP contribution in [0.2, 0.25) is 0 Å². The summed E-state index contributed by atoms with van der Waals surface area (Å²) in [6.45, 7) is 3.14. The van der Waals surface area contributed by atoms with Crippen molar-refractivity contribution < 1.29 is 14.3 Å². The Balaban J connectivity index is 2.05. The van der Waals surface area contributed by atoms with Crippen molar-refractivity contribution in [1.82, 2.24) is 0 Å². The fourth-order valence-corrected chi connectivity index (χ4v) is 1.99. The van der Waals surface area contributed by atoms with Crippen LogP contribution in [0.5, 0.6) is 0 Å². The van der Waals surface area contributed by atoms with Gasteiger partial charge in [-0.25, -0.2) is 0 Å². The SMILES string of the molecule is CCOC(C=O)CCOC1CCCCC1.